The first-order valence-electron chi connectivity index (χ1n) is 5.55. The zero-order valence-electron chi connectivity index (χ0n) is 10.1. The van der Waals surface area contributed by atoms with Crippen molar-refractivity contribution in [3.05, 3.63) is 57.8 Å². The third-order valence-corrected chi connectivity index (χ3v) is 2.55. The quantitative estimate of drug-likeness (QED) is 0.905. The molecule has 2 aromatic rings. The number of benzene rings is 1. The lowest BCUT2D eigenvalue weighted by atomic mass is 10.2. The van der Waals surface area contributed by atoms with Crippen molar-refractivity contribution in [1.82, 2.24) is 9.78 Å². The molecule has 0 saturated heterocycles. The van der Waals surface area contributed by atoms with E-state index in [1.54, 1.807) is 13.0 Å². The lowest BCUT2D eigenvalue weighted by Crippen LogP contribution is -2.21. The number of hydrogen-bond acceptors (Lipinski definition) is 3. The number of aromatic nitrogens is 2. The van der Waals surface area contributed by atoms with Gasteiger partial charge in [0.25, 0.3) is 0 Å². The number of halogens is 1. The van der Waals surface area contributed by atoms with Crippen LogP contribution in [0.4, 0.5) is 4.39 Å². The number of hydrogen-bond donors (Lipinski definition) is 1. The molecule has 1 heterocycles. The highest BCUT2D eigenvalue weighted by Crippen LogP contribution is 2.10. The van der Waals surface area contributed by atoms with E-state index >= 15 is 0 Å². The van der Waals surface area contributed by atoms with Crippen molar-refractivity contribution < 1.29 is 14.3 Å². The van der Waals surface area contributed by atoms with Crippen LogP contribution in [0.15, 0.2) is 35.1 Å². The molecule has 1 N–H and O–H groups in total. The van der Waals surface area contributed by atoms with Crippen LogP contribution >= 0.6 is 0 Å². The molecule has 0 radical (unpaired) electrons. The summed E-state index contributed by atoms with van der Waals surface area (Å²) in [5.41, 5.74) is 0.420. The second-order valence-electron chi connectivity index (χ2n) is 4.06. The van der Waals surface area contributed by atoms with Gasteiger partial charge in [0.15, 0.2) is 0 Å². The van der Waals surface area contributed by atoms with Crippen molar-refractivity contribution in [2.45, 2.75) is 13.3 Å². The van der Waals surface area contributed by atoms with Gasteiger partial charge in [0.05, 0.1) is 12.1 Å². The normalized spacial score (nSPS) is 10.4. The van der Waals surface area contributed by atoms with Crippen LogP contribution in [0.5, 0.6) is 0 Å². The molecule has 1 aromatic carbocycles. The first kappa shape index (κ1) is 12.9. The van der Waals surface area contributed by atoms with Crippen LogP contribution in [-0.4, -0.2) is 20.9 Å². The molecule has 0 spiro atoms. The summed E-state index contributed by atoms with van der Waals surface area (Å²) in [6.07, 6.45) is -0.464. The second kappa shape index (κ2) is 5.01. The molecule has 2 rings (SSSR count). The summed E-state index contributed by atoms with van der Waals surface area (Å²) in [6.45, 7) is 1.64. The molecule has 0 aliphatic heterocycles. The fourth-order valence-electron chi connectivity index (χ4n) is 1.72. The maximum Gasteiger partial charge on any atom is 0.309 e. The fraction of sp³-hybridized carbons (Fsp3) is 0.154. The summed E-state index contributed by atoms with van der Waals surface area (Å²) in [6, 6.07) is 6.98. The number of nitrogens with zero attached hydrogens (tertiary/aromatic N) is 2. The highest BCUT2D eigenvalue weighted by molar-refractivity contribution is 5.69. The number of rotatable bonds is 3. The van der Waals surface area contributed by atoms with Gasteiger partial charge < -0.3 is 5.11 Å². The van der Waals surface area contributed by atoms with Crippen LogP contribution in [-0.2, 0) is 11.2 Å². The van der Waals surface area contributed by atoms with Crippen molar-refractivity contribution in [1.29, 1.82) is 0 Å². The molecule has 19 heavy (non-hydrogen) atoms. The van der Waals surface area contributed by atoms with E-state index in [-0.39, 0.29) is 5.69 Å². The number of aryl methyl sites for hydroxylation is 1. The van der Waals surface area contributed by atoms with Gasteiger partial charge in [-0.2, -0.15) is 5.10 Å². The minimum Gasteiger partial charge on any atom is -0.481 e. The first-order valence-corrected chi connectivity index (χ1v) is 5.55. The van der Waals surface area contributed by atoms with E-state index in [2.05, 4.69) is 5.10 Å². The molecule has 0 unspecified atom stereocenters. The monoisotopic (exact) mass is 262 g/mol. The molecule has 0 amide bonds. The Labute approximate surface area is 107 Å². The largest absolute Gasteiger partial charge is 0.481 e. The van der Waals surface area contributed by atoms with Crippen molar-refractivity contribution in [3.63, 3.8) is 0 Å². The third kappa shape index (κ3) is 2.85. The standard InChI is InChI=1S/C13H11FN2O3/c1-8-5-12(17)11(7-13(18)19)15-16(8)10-4-2-3-9(14)6-10/h2-6H,7H2,1H3,(H,18,19). The van der Waals surface area contributed by atoms with Crippen LogP contribution in [0, 0.1) is 12.7 Å². The van der Waals surface area contributed by atoms with Gasteiger partial charge >= 0.3 is 5.97 Å². The average molecular weight is 262 g/mol. The minimum atomic E-state index is -1.14. The second-order valence-corrected chi connectivity index (χ2v) is 4.06. The van der Waals surface area contributed by atoms with Gasteiger partial charge in [-0.3, -0.25) is 9.59 Å². The summed E-state index contributed by atoms with van der Waals surface area (Å²) in [4.78, 5) is 22.3. The molecule has 0 fully saturated rings. The van der Waals surface area contributed by atoms with Crippen LogP contribution in [0.25, 0.3) is 5.69 Å². The van der Waals surface area contributed by atoms with Crippen LogP contribution in [0.3, 0.4) is 0 Å². The van der Waals surface area contributed by atoms with Gasteiger partial charge in [-0.1, -0.05) is 6.07 Å². The molecule has 5 nitrogen and oxygen atoms in total. The van der Waals surface area contributed by atoms with Crippen LogP contribution in [0.1, 0.15) is 11.4 Å². The van der Waals surface area contributed by atoms with Crippen molar-refractivity contribution in [2.75, 3.05) is 0 Å². The Morgan fingerprint density at radius 1 is 1.42 bits per heavy atom. The fourth-order valence-corrected chi connectivity index (χ4v) is 1.72. The topological polar surface area (TPSA) is 72.2 Å². The lowest BCUT2D eigenvalue weighted by Gasteiger charge is -2.10. The Balaban J connectivity index is 2.57. The highest BCUT2D eigenvalue weighted by Gasteiger charge is 2.11. The number of carboxylic acids is 1. The Morgan fingerprint density at radius 3 is 2.79 bits per heavy atom. The molecular formula is C13H11FN2O3. The van der Waals surface area contributed by atoms with E-state index in [0.29, 0.717) is 11.4 Å². The van der Waals surface area contributed by atoms with Gasteiger partial charge in [0, 0.05) is 11.8 Å². The van der Waals surface area contributed by atoms with E-state index in [9.17, 15) is 14.0 Å². The SMILES string of the molecule is Cc1cc(=O)c(CC(=O)O)nn1-c1cccc(F)c1. The molecular weight excluding hydrogens is 251 g/mol. The first-order chi connectivity index (χ1) is 8.97. The summed E-state index contributed by atoms with van der Waals surface area (Å²) in [7, 11) is 0. The third-order valence-electron chi connectivity index (χ3n) is 2.55. The molecule has 1 aromatic heterocycles. The Morgan fingerprint density at radius 2 is 2.16 bits per heavy atom. The smallest absolute Gasteiger partial charge is 0.309 e. The van der Waals surface area contributed by atoms with E-state index in [1.165, 1.54) is 28.9 Å². The number of carbonyl (C=O) groups is 1. The van der Waals surface area contributed by atoms with Gasteiger partial charge in [0.2, 0.25) is 5.43 Å². The van der Waals surface area contributed by atoms with Gasteiger partial charge in [-0.05, 0) is 25.1 Å². The van der Waals surface area contributed by atoms with Crippen molar-refractivity contribution in [2.24, 2.45) is 0 Å². The molecule has 6 heteroatoms. The summed E-state index contributed by atoms with van der Waals surface area (Å²) >= 11 is 0. The molecule has 0 atom stereocenters. The number of aliphatic carboxylic acids is 1. The minimum absolute atomic E-state index is 0.0811. The van der Waals surface area contributed by atoms with Crippen LogP contribution < -0.4 is 5.43 Å². The molecule has 0 aliphatic carbocycles. The van der Waals surface area contributed by atoms with Gasteiger partial charge in [-0.25, -0.2) is 9.07 Å². The van der Waals surface area contributed by atoms with Crippen molar-refractivity contribution >= 4 is 5.97 Å². The predicted octanol–water partition coefficient (Wildman–Crippen LogP) is 1.31. The number of carboxylic acid groups (broad SMARTS) is 1. The van der Waals surface area contributed by atoms with Gasteiger partial charge in [-0.15, -0.1) is 0 Å². The molecule has 98 valence electrons. The summed E-state index contributed by atoms with van der Waals surface area (Å²) < 4.78 is 14.5. The zero-order valence-corrected chi connectivity index (χ0v) is 10.1. The van der Waals surface area contributed by atoms with E-state index in [1.807, 2.05) is 0 Å². The summed E-state index contributed by atoms with van der Waals surface area (Å²) in [5, 5.41) is 12.7. The molecule has 0 bridgehead atoms. The zero-order chi connectivity index (χ0) is 14.0. The Kier molecular flexibility index (Phi) is 3.41. The van der Waals surface area contributed by atoms with Crippen molar-refractivity contribution in [3.8, 4) is 5.69 Å². The van der Waals surface area contributed by atoms with E-state index < -0.39 is 23.6 Å². The van der Waals surface area contributed by atoms with E-state index in [0.717, 1.165) is 0 Å². The highest BCUT2D eigenvalue weighted by atomic mass is 19.1. The summed E-state index contributed by atoms with van der Waals surface area (Å²) in [5.74, 6) is -1.57. The maximum atomic E-state index is 13.2. The van der Waals surface area contributed by atoms with E-state index in [4.69, 9.17) is 5.11 Å². The molecule has 0 aliphatic rings. The van der Waals surface area contributed by atoms with Gasteiger partial charge in [0.1, 0.15) is 11.5 Å². The van der Waals surface area contributed by atoms with Crippen LogP contribution in [0.2, 0.25) is 0 Å². The maximum absolute atomic E-state index is 13.2. The Bertz CT molecular complexity index is 695. The molecule has 0 saturated carbocycles. The predicted molar refractivity (Wildman–Crippen MR) is 65.9 cm³/mol. The Hall–Kier alpha value is -2.50. The average Bonchev–Trinajstić information content (AvgIpc) is 2.32. The lowest BCUT2D eigenvalue weighted by molar-refractivity contribution is -0.136.